The second-order valence-electron chi connectivity index (χ2n) is 5.08. The first-order chi connectivity index (χ1) is 7.49. The van der Waals surface area contributed by atoms with Gasteiger partial charge in [-0.3, -0.25) is 4.79 Å². The lowest BCUT2D eigenvalue weighted by Crippen LogP contribution is -2.56. The van der Waals surface area contributed by atoms with E-state index in [4.69, 9.17) is 5.73 Å². The van der Waals surface area contributed by atoms with E-state index in [-0.39, 0.29) is 5.91 Å². The highest BCUT2D eigenvalue weighted by atomic mass is 32.2. The number of hydrogen-bond acceptors (Lipinski definition) is 3. The van der Waals surface area contributed by atoms with Crippen molar-refractivity contribution in [1.29, 1.82) is 0 Å². The van der Waals surface area contributed by atoms with Gasteiger partial charge in [-0.1, -0.05) is 19.8 Å². The molecule has 0 aliphatic heterocycles. The molecule has 0 aromatic rings. The van der Waals surface area contributed by atoms with Crippen molar-refractivity contribution in [3.8, 4) is 0 Å². The Morgan fingerprint density at radius 3 is 2.88 bits per heavy atom. The Labute approximate surface area is 103 Å². The van der Waals surface area contributed by atoms with Crippen LogP contribution in [0, 0.1) is 5.92 Å². The number of amides is 1. The van der Waals surface area contributed by atoms with E-state index in [0.717, 1.165) is 31.6 Å². The summed E-state index contributed by atoms with van der Waals surface area (Å²) in [6.45, 7) is 2.99. The van der Waals surface area contributed by atoms with E-state index in [1.54, 1.807) is 16.7 Å². The molecule has 0 saturated heterocycles. The number of carbonyl (C=O) groups excluding carboxylic acids is 1. The molecule has 0 spiro atoms. The van der Waals surface area contributed by atoms with Crippen molar-refractivity contribution >= 4 is 17.7 Å². The maximum Gasteiger partial charge on any atom is 0.242 e. The van der Waals surface area contributed by atoms with Crippen LogP contribution in [0.2, 0.25) is 0 Å². The van der Waals surface area contributed by atoms with Gasteiger partial charge < -0.3 is 10.6 Å². The van der Waals surface area contributed by atoms with E-state index >= 15 is 0 Å². The van der Waals surface area contributed by atoms with Crippen LogP contribution in [-0.4, -0.2) is 41.9 Å². The summed E-state index contributed by atoms with van der Waals surface area (Å²) in [5.41, 5.74) is 5.68. The van der Waals surface area contributed by atoms with Gasteiger partial charge in [0.2, 0.25) is 5.91 Å². The number of rotatable bonds is 4. The average Bonchev–Trinajstić information content (AvgIpc) is 2.24. The van der Waals surface area contributed by atoms with Crippen LogP contribution in [0.5, 0.6) is 0 Å². The third-order valence-corrected chi connectivity index (χ3v) is 4.03. The lowest BCUT2D eigenvalue weighted by atomic mass is 9.76. The van der Waals surface area contributed by atoms with Crippen LogP contribution in [-0.2, 0) is 4.79 Å². The molecule has 0 heterocycles. The molecule has 4 heteroatoms. The molecule has 2 atom stereocenters. The zero-order chi connectivity index (χ0) is 12.2. The molecule has 0 aromatic heterocycles. The van der Waals surface area contributed by atoms with E-state index in [1.807, 2.05) is 7.05 Å². The topological polar surface area (TPSA) is 46.3 Å². The molecular weight excluding hydrogens is 220 g/mol. The Hall–Kier alpha value is -0.220. The highest BCUT2D eigenvalue weighted by Crippen LogP contribution is 2.31. The van der Waals surface area contributed by atoms with Crippen LogP contribution in [0.3, 0.4) is 0 Å². The van der Waals surface area contributed by atoms with Gasteiger partial charge in [-0.15, -0.1) is 0 Å². The monoisotopic (exact) mass is 244 g/mol. The maximum atomic E-state index is 12.3. The molecule has 94 valence electrons. The van der Waals surface area contributed by atoms with E-state index in [0.29, 0.717) is 5.92 Å². The fourth-order valence-corrected chi connectivity index (χ4v) is 2.95. The molecule has 1 rings (SSSR count). The van der Waals surface area contributed by atoms with E-state index in [1.165, 1.54) is 6.42 Å². The minimum Gasteiger partial charge on any atom is -0.343 e. The van der Waals surface area contributed by atoms with Gasteiger partial charge in [0.1, 0.15) is 0 Å². The maximum absolute atomic E-state index is 12.3. The van der Waals surface area contributed by atoms with Crippen molar-refractivity contribution in [2.75, 3.05) is 25.6 Å². The summed E-state index contributed by atoms with van der Waals surface area (Å²) in [4.78, 5) is 14.1. The van der Waals surface area contributed by atoms with Crippen LogP contribution < -0.4 is 5.73 Å². The van der Waals surface area contributed by atoms with E-state index in [2.05, 4.69) is 13.2 Å². The molecule has 1 fully saturated rings. The largest absolute Gasteiger partial charge is 0.343 e. The first-order valence-electron chi connectivity index (χ1n) is 6.03. The van der Waals surface area contributed by atoms with Gasteiger partial charge in [0.25, 0.3) is 0 Å². The fourth-order valence-electron chi connectivity index (χ4n) is 2.50. The first kappa shape index (κ1) is 13.8. The minimum absolute atomic E-state index is 0.133. The Morgan fingerprint density at radius 2 is 2.31 bits per heavy atom. The summed E-state index contributed by atoms with van der Waals surface area (Å²) in [5, 5.41) is 0. The Kier molecular flexibility index (Phi) is 5.12. The van der Waals surface area contributed by atoms with Crippen molar-refractivity contribution in [1.82, 2.24) is 4.90 Å². The van der Waals surface area contributed by atoms with Crippen molar-refractivity contribution < 1.29 is 4.79 Å². The molecule has 0 aromatic carbocycles. The molecule has 1 aliphatic rings. The van der Waals surface area contributed by atoms with Crippen LogP contribution in [0.1, 0.15) is 32.6 Å². The smallest absolute Gasteiger partial charge is 0.242 e. The SMILES string of the molecule is CSCCN(C)C(=O)C1(N)CCCC(C)C1. The first-order valence-corrected chi connectivity index (χ1v) is 7.42. The van der Waals surface area contributed by atoms with Crippen molar-refractivity contribution in [3.63, 3.8) is 0 Å². The summed E-state index contributed by atoms with van der Waals surface area (Å²) >= 11 is 1.76. The summed E-state index contributed by atoms with van der Waals surface area (Å²) in [5.74, 6) is 1.69. The predicted molar refractivity (Wildman–Crippen MR) is 70.6 cm³/mol. The lowest BCUT2D eigenvalue weighted by molar-refractivity contribution is -0.137. The van der Waals surface area contributed by atoms with Gasteiger partial charge in [0.05, 0.1) is 5.54 Å². The van der Waals surface area contributed by atoms with E-state index in [9.17, 15) is 4.79 Å². The van der Waals surface area contributed by atoms with E-state index < -0.39 is 5.54 Å². The summed E-state index contributed by atoms with van der Waals surface area (Å²) in [6, 6.07) is 0. The van der Waals surface area contributed by atoms with Crippen molar-refractivity contribution in [2.45, 2.75) is 38.1 Å². The van der Waals surface area contributed by atoms with Gasteiger partial charge in [-0.2, -0.15) is 11.8 Å². The lowest BCUT2D eigenvalue weighted by Gasteiger charge is -2.38. The van der Waals surface area contributed by atoms with Crippen LogP contribution >= 0.6 is 11.8 Å². The molecule has 16 heavy (non-hydrogen) atoms. The zero-order valence-corrected chi connectivity index (χ0v) is 11.5. The molecule has 2 unspecified atom stereocenters. The molecular formula is C12H24N2OS. The number of nitrogens with zero attached hydrogens (tertiary/aromatic N) is 1. The quantitative estimate of drug-likeness (QED) is 0.819. The summed E-state index contributed by atoms with van der Waals surface area (Å²) < 4.78 is 0. The average molecular weight is 244 g/mol. The third kappa shape index (κ3) is 3.39. The Bertz CT molecular complexity index is 247. The van der Waals surface area contributed by atoms with Gasteiger partial charge in [0, 0.05) is 19.3 Å². The summed E-state index contributed by atoms with van der Waals surface area (Å²) in [7, 11) is 1.87. The van der Waals surface area contributed by atoms with Gasteiger partial charge in [-0.05, 0) is 25.0 Å². The van der Waals surface area contributed by atoms with Crippen LogP contribution in [0.4, 0.5) is 0 Å². The van der Waals surface area contributed by atoms with Crippen molar-refractivity contribution in [3.05, 3.63) is 0 Å². The second kappa shape index (κ2) is 5.92. The standard InChI is InChI=1S/C12H24N2OS/c1-10-5-4-6-12(13,9-10)11(15)14(2)7-8-16-3/h10H,4-9,13H2,1-3H3. The minimum atomic E-state index is -0.592. The second-order valence-corrected chi connectivity index (χ2v) is 6.06. The van der Waals surface area contributed by atoms with Gasteiger partial charge in [0.15, 0.2) is 0 Å². The molecule has 1 amide bonds. The highest BCUT2D eigenvalue weighted by molar-refractivity contribution is 7.98. The third-order valence-electron chi connectivity index (χ3n) is 3.44. The zero-order valence-electron chi connectivity index (χ0n) is 10.7. The number of nitrogens with two attached hydrogens (primary N) is 1. The van der Waals surface area contributed by atoms with Crippen molar-refractivity contribution in [2.24, 2.45) is 11.7 Å². The summed E-state index contributed by atoms with van der Waals surface area (Å²) in [6.07, 6.45) is 6.04. The molecule has 1 aliphatic carbocycles. The highest BCUT2D eigenvalue weighted by Gasteiger charge is 2.39. The molecule has 2 N–H and O–H groups in total. The van der Waals surface area contributed by atoms with Gasteiger partial charge in [-0.25, -0.2) is 0 Å². The number of likely N-dealkylation sites (N-methyl/N-ethyl adjacent to an activating group) is 1. The number of carbonyl (C=O) groups is 1. The molecule has 0 bridgehead atoms. The number of thioether (sulfide) groups is 1. The Morgan fingerprint density at radius 1 is 1.62 bits per heavy atom. The molecule has 3 nitrogen and oxygen atoms in total. The van der Waals surface area contributed by atoms with Crippen LogP contribution in [0.25, 0.3) is 0 Å². The Balaban J connectivity index is 2.56. The normalized spacial score (nSPS) is 30.1. The van der Waals surface area contributed by atoms with Crippen LogP contribution in [0.15, 0.2) is 0 Å². The molecule has 0 radical (unpaired) electrons. The predicted octanol–water partition coefficient (Wildman–Crippen LogP) is 1.72. The molecule has 1 saturated carbocycles. The fraction of sp³-hybridized carbons (Fsp3) is 0.917. The van der Waals surface area contributed by atoms with Gasteiger partial charge >= 0.3 is 0 Å². The number of hydrogen-bond donors (Lipinski definition) is 1.